The highest BCUT2D eigenvalue weighted by atomic mass is 32.1. The zero-order valence-corrected chi connectivity index (χ0v) is 14.1. The number of rotatable bonds is 4. The molecule has 3 rings (SSSR count). The van der Waals surface area contributed by atoms with E-state index in [0.717, 1.165) is 31.9 Å². The maximum Gasteiger partial charge on any atom is 0.171 e. The quantitative estimate of drug-likeness (QED) is 0.833. The van der Waals surface area contributed by atoms with E-state index in [2.05, 4.69) is 39.8 Å². The Hall–Kier alpha value is -2.18. The van der Waals surface area contributed by atoms with Crippen molar-refractivity contribution in [1.29, 1.82) is 0 Å². The van der Waals surface area contributed by atoms with Crippen LogP contribution in [-0.4, -0.2) is 31.4 Å². The second kappa shape index (κ2) is 8.08. The van der Waals surface area contributed by atoms with Gasteiger partial charge in [-0.3, -0.25) is 0 Å². The van der Waals surface area contributed by atoms with Crippen LogP contribution in [0.5, 0.6) is 0 Å². The number of nitrogens with zero attached hydrogens (tertiary/aromatic N) is 1. The molecular formula is C18H20FN3OS. The van der Waals surface area contributed by atoms with E-state index in [9.17, 15) is 4.39 Å². The van der Waals surface area contributed by atoms with Crippen LogP contribution in [0, 0.1) is 5.82 Å². The highest BCUT2D eigenvalue weighted by Gasteiger charge is 2.10. The van der Waals surface area contributed by atoms with Gasteiger partial charge in [-0.05, 0) is 48.1 Å². The van der Waals surface area contributed by atoms with Gasteiger partial charge in [0.15, 0.2) is 5.11 Å². The Bertz CT molecular complexity index is 687. The molecule has 0 radical (unpaired) electrons. The Morgan fingerprint density at radius 1 is 1.12 bits per heavy atom. The minimum absolute atomic E-state index is 0.290. The summed E-state index contributed by atoms with van der Waals surface area (Å²) in [6.07, 6.45) is 0. The summed E-state index contributed by atoms with van der Waals surface area (Å²) in [5, 5.41) is 6.57. The van der Waals surface area contributed by atoms with Gasteiger partial charge in [0.05, 0.1) is 13.2 Å². The van der Waals surface area contributed by atoms with Crippen molar-refractivity contribution in [1.82, 2.24) is 5.32 Å². The second-order valence-corrected chi connectivity index (χ2v) is 5.99. The third-order valence-electron chi connectivity index (χ3n) is 3.85. The number of benzene rings is 2. The minimum Gasteiger partial charge on any atom is -0.378 e. The zero-order valence-electron chi connectivity index (χ0n) is 13.3. The largest absolute Gasteiger partial charge is 0.378 e. The molecule has 4 nitrogen and oxygen atoms in total. The van der Waals surface area contributed by atoms with Crippen molar-refractivity contribution < 1.29 is 9.13 Å². The molecular weight excluding hydrogens is 325 g/mol. The standard InChI is InChI=1S/C18H20FN3OS/c19-15-2-1-3-16(12-15)21-18(24)20-13-14-4-6-17(7-5-14)22-8-10-23-11-9-22/h1-7,12H,8-11,13H2,(H2,20,21,24). The SMILES string of the molecule is Fc1cccc(NC(=S)NCc2ccc(N3CCOCC3)cc2)c1. The molecule has 1 aliphatic rings. The molecule has 1 fully saturated rings. The van der Waals surface area contributed by atoms with Crippen LogP contribution >= 0.6 is 12.2 Å². The molecule has 0 saturated carbocycles. The van der Waals surface area contributed by atoms with Gasteiger partial charge in [-0.1, -0.05) is 18.2 Å². The molecule has 2 aromatic carbocycles. The first-order chi connectivity index (χ1) is 11.7. The molecule has 1 saturated heterocycles. The Morgan fingerprint density at radius 2 is 1.88 bits per heavy atom. The van der Waals surface area contributed by atoms with Crippen LogP contribution in [0.2, 0.25) is 0 Å². The number of halogens is 1. The summed E-state index contributed by atoms with van der Waals surface area (Å²) in [5.41, 5.74) is 2.98. The first-order valence-corrected chi connectivity index (χ1v) is 8.33. The van der Waals surface area contributed by atoms with Crippen molar-refractivity contribution in [3.63, 3.8) is 0 Å². The van der Waals surface area contributed by atoms with Gasteiger partial charge in [-0.15, -0.1) is 0 Å². The maximum atomic E-state index is 13.1. The fourth-order valence-electron chi connectivity index (χ4n) is 2.57. The topological polar surface area (TPSA) is 36.5 Å². The second-order valence-electron chi connectivity index (χ2n) is 5.58. The minimum atomic E-state index is -0.290. The Labute approximate surface area is 146 Å². The van der Waals surface area contributed by atoms with Crippen molar-refractivity contribution in [2.24, 2.45) is 0 Å². The molecule has 0 atom stereocenters. The molecule has 2 N–H and O–H groups in total. The average molecular weight is 345 g/mol. The van der Waals surface area contributed by atoms with Gasteiger partial charge in [0.25, 0.3) is 0 Å². The molecule has 126 valence electrons. The Balaban J connectivity index is 1.50. The Kier molecular flexibility index (Phi) is 5.61. The molecule has 0 aromatic heterocycles. The van der Waals surface area contributed by atoms with Crippen LogP contribution in [0.3, 0.4) is 0 Å². The molecule has 1 heterocycles. The van der Waals surface area contributed by atoms with E-state index in [1.165, 1.54) is 17.8 Å². The number of anilines is 2. The van der Waals surface area contributed by atoms with Gasteiger partial charge in [0, 0.05) is 31.0 Å². The number of thiocarbonyl (C=S) groups is 1. The predicted octanol–water partition coefficient (Wildman–Crippen LogP) is 3.15. The fraction of sp³-hybridized carbons (Fsp3) is 0.278. The van der Waals surface area contributed by atoms with Crippen LogP contribution in [0.15, 0.2) is 48.5 Å². The van der Waals surface area contributed by atoms with Crippen molar-refractivity contribution in [3.05, 3.63) is 59.9 Å². The van der Waals surface area contributed by atoms with Crippen molar-refractivity contribution in [2.75, 3.05) is 36.5 Å². The maximum absolute atomic E-state index is 13.1. The highest BCUT2D eigenvalue weighted by Crippen LogP contribution is 2.16. The van der Waals surface area contributed by atoms with Gasteiger partial charge >= 0.3 is 0 Å². The summed E-state index contributed by atoms with van der Waals surface area (Å²) >= 11 is 5.24. The first kappa shape index (κ1) is 16.7. The number of ether oxygens (including phenoxy) is 1. The highest BCUT2D eigenvalue weighted by molar-refractivity contribution is 7.80. The van der Waals surface area contributed by atoms with Crippen LogP contribution < -0.4 is 15.5 Å². The molecule has 24 heavy (non-hydrogen) atoms. The Morgan fingerprint density at radius 3 is 2.58 bits per heavy atom. The molecule has 0 bridgehead atoms. The van der Waals surface area contributed by atoms with E-state index in [1.807, 2.05) is 0 Å². The van der Waals surface area contributed by atoms with Crippen LogP contribution in [0.1, 0.15) is 5.56 Å². The normalized spacial score (nSPS) is 14.3. The summed E-state index contributed by atoms with van der Waals surface area (Å²) in [6.45, 7) is 4.04. The van der Waals surface area contributed by atoms with Crippen LogP contribution in [0.4, 0.5) is 15.8 Å². The van der Waals surface area contributed by atoms with E-state index in [4.69, 9.17) is 17.0 Å². The molecule has 6 heteroatoms. The van der Waals surface area contributed by atoms with Crippen LogP contribution in [-0.2, 0) is 11.3 Å². The molecule has 0 unspecified atom stereocenters. The van der Waals surface area contributed by atoms with Crippen molar-refractivity contribution >= 4 is 28.7 Å². The molecule has 0 amide bonds. The summed E-state index contributed by atoms with van der Waals surface area (Å²) < 4.78 is 18.5. The zero-order chi connectivity index (χ0) is 16.8. The van der Waals surface area contributed by atoms with Gasteiger partial charge in [-0.2, -0.15) is 0 Å². The number of hydrogen-bond donors (Lipinski definition) is 2. The smallest absolute Gasteiger partial charge is 0.171 e. The first-order valence-electron chi connectivity index (χ1n) is 7.93. The average Bonchev–Trinajstić information content (AvgIpc) is 2.61. The van der Waals surface area contributed by atoms with E-state index in [1.54, 1.807) is 12.1 Å². The van der Waals surface area contributed by atoms with Gasteiger partial charge in [0.1, 0.15) is 5.82 Å². The number of nitrogens with one attached hydrogen (secondary N) is 2. The third-order valence-corrected chi connectivity index (χ3v) is 4.09. The lowest BCUT2D eigenvalue weighted by molar-refractivity contribution is 0.122. The van der Waals surface area contributed by atoms with Crippen LogP contribution in [0.25, 0.3) is 0 Å². The van der Waals surface area contributed by atoms with Crippen molar-refractivity contribution in [2.45, 2.75) is 6.54 Å². The third kappa shape index (κ3) is 4.66. The lowest BCUT2D eigenvalue weighted by Gasteiger charge is -2.28. The van der Waals surface area contributed by atoms with Gasteiger partial charge < -0.3 is 20.3 Å². The summed E-state index contributed by atoms with van der Waals surface area (Å²) in [4.78, 5) is 2.32. The molecule has 1 aliphatic heterocycles. The van der Waals surface area contributed by atoms with Gasteiger partial charge in [-0.25, -0.2) is 4.39 Å². The molecule has 2 aromatic rings. The molecule has 0 spiro atoms. The lowest BCUT2D eigenvalue weighted by atomic mass is 10.2. The molecule has 0 aliphatic carbocycles. The monoisotopic (exact) mass is 345 g/mol. The van der Waals surface area contributed by atoms with E-state index in [-0.39, 0.29) is 5.82 Å². The van der Waals surface area contributed by atoms with E-state index < -0.39 is 0 Å². The lowest BCUT2D eigenvalue weighted by Crippen LogP contribution is -2.36. The van der Waals surface area contributed by atoms with Crippen molar-refractivity contribution in [3.8, 4) is 0 Å². The number of morpholine rings is 1. The fourth-order valence-corrected chi connectivity index (χ4v) is 2.76. The summed E-state index contributed by atoms with van der Waals surface area (Å²) in [5.74, 6) is -0.290. The van der Waals surface area contributed by atoms with Gasteiger partial charge in [0.2, 0.25) is 0 Å². The summed E-state index contributed by atoms with van der Waals surface area (Å²) in [6, 6.07) is 14.6. The van der Waals surface area contributed by atoms with E-state index in [0.29, 0.717) is 17.3 Å². The summed E-state index contributed by atoms with van der Waals surface area (Å²) in [7, 11) is 0. The van der Waals surface area contributed by atoms with E-state index >= 15 is 0 Å². The number of hydrogen-bond acceptors (Lipinski definition) is 3. The predicted molar refractivity (Wildman–Crippen MR) is 98.9 cm³/mol.